The maximum absolute atomic E-state index is 12.1. The fourth-order valence-corrected chi connectivity index (χ4v) is 2.23. The summed E-state index contributed by atoms with van der Waals surface area (Å²) in [7, 11) is 2.02. The molecule has 2 rings (SSSR count). The van der Waals surface area contributed by atoms with Gasteiger partial charge in [-0.1, -0.05) is 38.1 Å². The highest BCUT2D eigenvalue weighted by molar-refractivity contribution is 5.87. The van der Waals surface area contributed by atoms with Gasteiger partial charge in [-0.05, 0) is 18.2 Å². The van der Waals surface area contributed by atoms with Crippen molar-refractivity contribution in [3.8, 4) is 0 Å². The summed E-state index contributed by atoms with van der Waals surface area (Å²) in [5.41, 5.74) is 2.48. The fourth-order valence-electron chi connectivity index (χ4n) is 2.23. The number of benzene rings is 1. The first kappa shape index (κ1) is 12.9. The van der Waals surface area contributed by atoms with Gasteiger partial charge in [0.2, 0.25) is 0 Å². The average molecular weight is 220 g/mol. The van der Waals surface area contributed by atoms with Crippen molar-refractivity contribution in [2.75, 3.05) is 7.05 Å². The molecule has 0 spiro atoms. The van der Waals surface area contributed by atoms with Gasteiger partial charge in [0.1, 0.15) is 0 Å². The smallest absolute Gasteiger partial charge is 0.157 e. The molecule has 0 saturated carbocycles. The third kappa shape index (κ3) is 2.01. The van der Waals surface area contributed by atoms with Gasteiger partial charge < -0.3 is 6.15 Å². The highest BCUT2D eigenvalue weighted by Crippen LogP contribution is 2.34. The van der Waals surface area contributed by atoms with E-state index in [0.29, 0.717) is 5.78 Å². The molecule has 0 aromatic heterocycles. The van der Waals surface area contributed by atoms with E-state index < -0.39 is 0 Å². The van der Waals surface area contributed by atoms with Crippen LogP contribution in [0, 0.1) is 5.92 Å². The Morgan fingerprint density at radius 1 is 1.38 bits per heavy atom. The second-order valence-electron chi connectivity index (χ2n) is 4.57. The minimum absolute atomic E-state index is 0. The zero-order chi connectivity index (χ0) is 11.0. The lowest BCUT2D eigenvalue weighted by atomic mass is 9.95. The van der Waals surface area contributed by atoms with Gasteiger partial charge in [0, 0.05) is 12.5 Å². The second kappa shape index (κ2) is 4.76. The van der Waals surface area contributed by atoms with Crippen molar-refractivity contribution < 1.29 is 4.79 Å². The first-order chi connectivity index (χ1) is 7.11. The lowest BCUT2D eigenvalue weighted by molar-refractivity contribution is -0.126. The molecule has 16 heavy (non-hydrogen) atoms. The minimum atomic E-state index is -0.0267. The lowest BCUT2D eigenvalue weighted by Crippen LogP contribution is -2.27. The number of carbonyl (C=O) groups is 1. The van der Waals surface area contributed by atoms with Crippen LogP contribution in [0.15, 0.2) is 24.3 Å². The van der Waals surface area contributed by atoms with Crippen LogP contribution in [-0.2, 0) is 11.3 Å². The highest BCUT2D eigenvalue weighted by atomic mass is 16.1. The van der Waals surface area contributed by atoms with Crippen molar-refractivity contribution >= 4 is 5.78 Å². The van der Waals surface area contributed by atoms with Crippen LogP contribution >= 0.6 is 0 Å². The summed E-state index contributed by atoms with van der Waals surface area (Å²) in [6, 6.07) is 8.21. The Morgan fingerprint density at radius 3 is 2.62 bits per heavy atom. The summed E-state index contributed by atoms with van der Waals surface area (Å²) in [4.78, 5) is 14.2. The van der Waals surface area contributed by atoms with E-state index in [1.54, 1.807) is 0 Å². The van der Waals surface area contributed by atoms with E-state index in [4.69, 9.17) is 0 Å². The Morgan fingerprint density at radius 2 is 2.00 bits per heavy atom. The normalized spacial score (nSPS) is 19.4. The monoisotopic (exact) mass is 220 g/mol. The van der Waals surface area contributed by atoms with Crippen LogP contribution in [0.2, 0.25) is 0 Å². The van der Waals surface area contributed by atoms with Crippen LogP contribution < -0.4 is 6.15 Å². The van der Waals surface area contributed by atoms with Gasteiger partial charge in [-0.3, -0.25) is 9.69 Å². The van der Waals surface area contributed by atoms with E-state index in [2.05, 4.69) is 17.0 Å². The maximum Gasteiger partial charge on any atom is 0.157 e. The summed E-state index contributed by atoms with van der Waals surface area (Å²) in [6.45, 7) is 4.83. The van der Waals surface area contributed by atoms with Crippen LogP contribution in [0.3, 0.4) is 0 Å². The standard InChI is InChI=1S/C13H17NO.H3N/c1-9(2)13(15)12-11-7-5-4-6-10(11)8-14(12)3;/h4-7,9,12H,8H2,1-3H3;1H3. The Kier molecular flexibility index (Phi) is 3.83. The number of Topliss-reactive ketones (excluding diaryl/α,β-unsaturated/α-hetero) is 1. The van der Waals surface area contributed by atoms with Crippen molar-refractivity contribution in [3.05, 3.63) is 35.4 Å². The number of hydrogen-bond donors (Lipinski definition) is 1. The van der Waals surface area contributed by atoms with Crippen LogP contribution in [0.25, 0.3) is 0 Å². The summed E-state index contributed by atoms with van der Waals surface area (Å²) in [5, 5.41) is 0. The number of carbonyl (C=O) groups excluding carboxylic acids is 1. The van der Waals surface area contributed by atoms with Crippen molar-refractivity contribution in [2.24, 2.45) is 5.92 Å². The molecule has 1 unspecified atom stereocenters. The summed E-state index contributed by atoms with van der Waals surface area (Å²) in [6.07, 6.45) is 0. The topological polar surface area (TPSA) is 55.3 Å². The van der Waals surface area contributed by atoms with E-state index in [1.807, 2.05) is 33.0 Å². The first-order valence-electron chi connectivity index (χ1n) is 5.43. The molecule has 0 saturated heterocycles. The van der Waals surface area contributed by atoms with E-state index >= 15 is 0 Å². The number of nitrogens with zero attached hydrogens (tertiary/aromatic N) is 1. The second-order valence-corrected chi connectivity index (χ2v) is 4.57. The van der Waals surface area contributed by atoms with Crippen LogP contribution in [0.4, 0.5) is 0 Å². The van der Waals surface area contributed by atoms with Crippen LogP contribution in [0.1, 0.15) is 31.0 Å². The molecule has 0 bridgehead atoms. The average Bonchev–Trinajstić information content (AvgIpc) is 2.52. The van der Waals surface area contributed by atoms with Gasteiger partial charge in [0.15, 0.2) is 5.78 Å². The molecule has 1 aromatic carbocycles. The van der Waals surface area contributed by atoms with Crippen LogP contribution in [0.5, 0.6) is 0 Å². The highest BCUT2D eigenvalue weighted by Gasteiger charge is 2.33. The van der Waals surface area contributed by atoms with E-state index in [0.717, 1.165) is 6.54 Å². The number of fused-ring (bicyclic) bond motifs is 1. The van der Waals surface area contributed by atoms with Gasteiger partial charge in [-0.2, -0.15) is 0 Å². The SMILES string of the molecule is CC(C)C(=O)C1c2ccccc2CN1C.N. The fraction of sp³-hybridized carbons (Fsp3) is 0.462. The van der Waals surface area contributed by atoms with Gasteiger partial charge in [-0.15, -0.1) is 0 Å². The van der Waals surface area contributed by atoms with Crippen molar-refractivity contribution in [2.45, 2.75) is 26.4 Å². The maximum atomic E-state index is 12.1. The van der Waals surface area contributed by atoms with E-state index in [9.17, 15) is 4.79 Å². The Bertz CT molecular complexity index is 387. The number of ketones is 1. The molecule has 3 N–H and O–H groups in total. The van der Waals surface area contributed by atoms with Gasteiger partial charge >= 0.3 is 0 Å². The molecular weight excluding hydrogens is 200 g/mol. The Labute approximate surface area is 97.0 Å². The van der Waals surface area contributed by atoms with E-state index in [1.165, 1.54) is 11.1 Å². The Hall–Kier alpha value is -1.19. The van der Waals surface area contributed by atoms with E-state index in [-0.39, 0.29) is 18.1 Å². The molecule has 0 amide bonds. The van der Waals surface area contributed by atoms with Gasteiger partial charge in [-0.25, -0.2) is 0 Å². The molecule has 1 heterocycles. The molecule has 0 fully saturated rings. The number of hydrogen-bond acceptors (Lipinski definition) is 3. The zero-order valence-electron chi connectivity index (χ0n) is 10.2. The third-order valence-electron chi connectivity index (χ3n) is 3.05. The molecule has 88 valence electrons. The minimum Gasteiger partial charge on any atom is -0.344 e. The number of rotatable bonds is 2. The molecule has 1 aliphatic rings. The van der Waals surface area contributed by atoms with Crippen molar-refractivity contribution in [1.82, 2.24) is 11.1 Å². The molecule has 1 atom stereocenters. The molecule has 3 heteroatoms. The molecule has 1 aromatic rings. The van der Waals surface area contributed by atoms with Crippen molar-refractivity contribution in [1.29, 1.82) is 0 Å². The zero-order valence-corrected chi connectivity index (χ0v) is 10.2. The van der Waals surface area contributed by atoms with Crippen LogP contribution in [-0.4, -0.2) is 17.7 Å². The summed E-state index contributed by atoms with van der Waals surface area (Å²) >= 11 is 0. The summed E-state index contributed by atoms with van der Waals surface area (Å²) < 4.78 is 0. The summed E-state index contributed by atoms with van der Waals surface area (Å²) in [5.74, 6) is 0.422. The van der Waals surface area contributed by atoms with Gasteiger partial charge in [0.05, 0.1) is 6.04 Å². The van der Waals surface area contributed by atoms with Crippen molar-refractivity contribution in [3.63, 3.8) is 0 Å². The molecule has 1 aliphatic heterocycles. The molecule has 3 nitrogen and oxygen atoms in total. The van der Waals surface area contributed by atoms with Gasteiger partial charge in [0.25, 0.3) is 0 Å². The predicted molar refractivity (Wildman–Crippen MR) is 65.5 cm³/mol. The molecule has 0 radical (unpaired) electrons. The first-order valence-corrected chi connectivity index (χ1v) is 5.43. The predicted octanol–water partition coefficient (Wildman–Crippen LogP) is 2.56. The largest absolute Gasteiger partial charge is 0.344 e. The molecule has 0 aliphatic carbocycles. The number of likely N-dealkylation sites (N-methyl/N-ethyl adjacent to an activating group) is 1. The Balaban J connectivity index is 0.00000128. The lowest BCUT2D eigenvalue weighted by Gasteiger charge is -2.20. The molecular formula is C13H20N2O. The quantitative estimate of drug-likeness (QED) is 0.833. The third-order valence-corrected chi connectivity index (χ3v) is 3.05.